The number of nitrogens with two attached hydrogens (primary N) is 1. The third-order valence-corrected chi connectivity index (χ3v) is 6.18. The van der Waals surface area contributed by atoms with Gasteiger partial charge in [0.2, 0.25) is 5.91 Å². The number of carbonyl (C=O) groups excluding carboxylic acids is 1. The average Bonchev–Trinajstić information content (AvgIpc) is 2.50. The second-order valence-corrected chi connectivity index (χ2v) is 7.94. The van der Waals surface area contributed by atoms with E-state index in [2.05, 4.69) is 5.32 Å². The molecule has 0 spiro atoms. The van der Waals surface area contributed by atoms with Crippen LogP contribution in [0.2, 0.25) is 0 Å². The number of benzene rings is 1. The zero-order chi connectivity index (χ0) is 16.2. The van der Waals surface area contributed by atoms with Crippen molar-refractivity contribution in [1.82, 2.24) is 5.32 Å². The first-order valence-corrected chi connectivity index (χ1v) is 9.54. The monoisotopic (exact) mass is 372 g/mol. The highest BCUT2D eigenvalue weighted by Crippen LogP contribution is 2.39. The van der Waals surface area contributed by atoms with E-state index in [9.17, 15) is 9.18 Å². The van der Waals surface area contributed by atoms with Crippen LogP contribution in [0.3, 0.4) is 0 Å². The lowest BCUT2D eigenvalue weighted by Gasteiger charge is -2.45. The number of nitrogens with one attached hydrogen (secondary N) is 1. The van der Waals surface area contributed by atoms with E-state index in [0.717, 1.165) is 12.8 Å². The summed E-state index contributed by atoms with van der Waals surface area (Å²) < 4.78 is 13.5. The molecule has 1 amide bonds. The first-order valence-electron chi connectivity index (χ1n) is 8.55. The number of rotatable bonds is 5. The van der Waals surface area contributed by atoms with E-state index < -0.39 is 0 Å². The van der Waals surface area contributed by atoms with Gasteiger partial charge in [0, 0.05) is 29.2 Å². The van der Waals surface area contributed by atoms with Crippen LogP contribution in [0, 0.1) is 17.7 Å². The molecule has 2 aliphatic carbocycles. The first-order chi connectivity index (χ1) is 11.1. The lowest BCUT2D eigenvalue weighted by atomic mass is 9.67. The molecular weight excluding hydrogens is 347 g/mol. The molecule has 0 radical (unpaired) electrons. The molecule has 134 valence electrons. The zero-order valence-electron chi connectivity index (χ0n) is 13.7. The van der Waals surface area contributed by atoms with Gasteiger partial charge in [-0.3, -0.25) is 4.79 Å². The fourth-order valence-electron chi connectivity index (χ4n) is 4.10. The number of carbonyl (C=O) groups is 1. The molecule has 6 heteroatoms. The van der Waals surface area contributed by atoms with Crippen molar-refractivity contribution in [3.05, 3.63) is 30.1 Å². The van der Waals surface area contributed by atoms with Crippen LogP contribution in [-0.2, 0) is 4.79 Å². The molecule has 0 aromatic heterocycles. The van der Waals surface area contributed by atoms with Gasteiger partial charge in [0.1, 0.15) is 5.82 Å². The lowest BCUT2D eigenvalue weighted by molar-refractivity contribution is -0.123. The maximum atomic E-state index is 13.5. The van der Waals surface area contributed by atoms with Gasteiger partial charge in [-0.1, -0.05) is 18.6 Å². The van der Waals surface area contributed by atoms with Crippen molar-refractivity contribution in [3.63, 3.8) is 0 Å². The third kappa shape index (κ3) is 4.87. The summed E-state index contributed by atoms with van der Waals surface area (Å²) in [6.07, 6.45) is 6.12. The lowest BCUT2D eigenvalue weighted by Crippen LogP contribution is -2.53. The van der Waals surface area contributed by atoms with E-state index in [-0.39, 0.29) is 24.1 Å². The van der Waals surface area contributed by atoms with Crippen LogP contribution in [-0.4, -0.2) is 23.7 Å². The summed E-state index contributed by atoms with van der Waals surface area (Å²) >= 11 is 1.40. The number of hydrogen-bond donors (Lipinski definition) is 2. The Bertz CT molecular complexity index is 546. The topological polar surface area (TPSA) is 55.1 Å². The molecule has 2 aliphatic rings. The molecule has 2 saturated carbocycles. The van der Waals surface area contributed by atoms with E-state index in [1.165, 1.54) is 37.1 Å². The Kier molecular flexibility index (Phi) is 7.38. The van der Waals surface area contributed by atoms with Crippen molar-refractivity contribution in [2.75, 3.05) is 5.75 Å². The molecule has 1 aromatic rings. The van der Waals surface area contributed by atoms with E-state index >= 15 is 0 Å². The normalized spacial score (nSPS) is 28.8. The molecule has 3 rings (SSSR count). The highest BCUT2D eigenvalue weighted by molar-refractivity contribution is 7.99. The number of hydrogen-bond acceptors (Lipinski definition) is 3. The maximum absolute atomic E-state index is 13.5. The van der Waals surface area contributed by atoms with Gasteiger partial charge in [0.15, 0.2) is 0 Å². The zero-order valence-corrected chi connectivity index (χ0v) is 15.4. The highest BCUT2D eigenvalue weighted by Gasteiger charge is 2.39. The van der Waals surface area contributed by atoms with Gasteiger partial charge in [-0.15, -0.1) is 24.2 Å². The SMILES string of the molecule is Cl.NC1CC2CCCC(C1)C2NC(=O)CCSc1ccccc1F. The molecule has 3 nitrogen and oxygen atoms in total. The van der Waals surface area contributed by atoms with Crippen LogP contribution in [0.1, 0.15) is 38.5 Å². The number of fused-ring (bicyclic) bond motifs is 2. The van der Waals surface area contributed by atoms with E-state index in [1.807, 2.05) is 6.07 Å². The molecule has 2 atom stereocenters. The van der Waals surface area contributed by atoms with E-state index in [4.69, 9.17) is 5.73 Å². The molecule has 1 aromatic carbocycles. The van der Waals surface area contributed by atoms with Gasteiger partial charge in [-0.05, 0) is 49.7 Å². The van der Waals surface area contributed by atoms with Gasteiger partial charge in [-0.2, -0.15) is 0 Å². The Morgan fingerprint density at radius 1 is 1.25 bits per heavy atom. The smallest absolute Gasteiger partial charge is 0.221 e. The number of halogens is 2. The standard InChI is InChI=1S/C18H25FN2OS.ClH/c19-15-6-1-2-7-16(15)23-9-8-17(22)21-18-12-4-3-5-13(18)11-14(20)10-12;/h1-2,6-7,12-14,18H,3-5,8-11,20H2,(H,21,22);1H. The molecule has 2 bridgehead atoms. The van der Waals surface area contributed by atoms with Crippen molar-refractivity contribution in [1.29, 1.82) is 0 Å². The molecule has 0 heterocycles. The summed E-state index contributed by atoms with van der Waals surface area (Å²) in [6, 6.07) is 7.31. The van der Waals surface area contributed by atoms with Crippen molar-refractivity contribution in [3.8, 4) is 0 Å². The third-order valence-electron chi connectivity index (χ3n) is 5.13. The van der Waals surface area contributed by atoms with Crippen LogP contribution in [0.15, 0.2) is 29.2 Å². The summed E-state index contributed by atoms with van der Waals surface area (Å²) in [6.45, 7) is 0. The van der Waals surface area contributed by atoms with Crippen LogP contribution in [0.4, 0.5) is 4.39 Å². The first kappa shape index (κ1) is 19.5. The van der Waals surface area contributed by atoms with Gasteiger partial charge >= 0.3 is 0 Å². The predicted octanol–water partition coefficient (Wildman–Crippen LogP) is 3.75. The van der Waals surface area contributed by atoms with Gasteiger partial charge < -0.3 is 11.1 Å². The van der Waals surface area contributed by atoms with Crippen molar-refractivity contribution in [2.45, 2.75) is 55.5 Å². The number of amides is 1. The Morgan fingerprint density at radius 2 is 1.92 bits per heavy atom. The average molecular weight is 373 g/mol. The Balaban J connectivity index is 0.00000208. The van der Waals surface area contributed by atoms with E-state index in [0.29, 0.717) is 41.0 Å². The van der Waals surface area contributed by atoms with Crippen LogP contribution in [0.25, 0.3) is 0 Å². The molecule has 24 heavy (non-hydrogen) atoms. The van der Waals surface area contributed by atoms with Crippen molar-refractivity contribution >= 4 is 30.1 Å². The molecule has 0 saturated heterocycles. The molecule has 0 aliphatic heterocycles. The second-order valence-electron chi connectivity index (χ2n) is 6.80. The van der Waals surface area contributed by atoms with Crippen LogP contribution < -0.4 is 11.1 Å². The van der Waals surface area contributed by atoms with Gasteiger partial charge in [0.05, 0.1) is 0 Å². The molecule has 2 fully saturated rings. The van der Waals surface area contributed by atoms with E-state index in [1.54, 1.807) is 12.1 Å². The summed E-state index contributed by atoms with van der Waals surface area (Å²) in [5.74, 6) is 1.56. The molecule has 3 N–H and O–H groups in total. The molecule has 2 unspecified atom stereocenters. The fraction of sp³-hybridized carbons (Fsp3) is 0.611. The van der Waals surface area contributed by atoms with Crippen LogP contribution >= 0.6 is 24.2 Å². The second kappa shape index (κ2) is 9.07. The largest absolute Gasteiger partial charge is 0.353 e. The highest BCUT2D eigenvalue weighted by atomic mass is 35.5. The quantitative estimate of drug-likeness (QED) is 0.774. The molecular formula is C18H26ClFN2OS. The van der Waals surface area contributed by atoms with Crippen molar-refractivity contribution < 1.29 is 9.18 Å². The van der Waals surface area contributed by atoms with Crippen molar-refractivity contribution in [2.24, 2.45) is 17.6 Å². The maximum Gasteiger partial charge on any atom is 0.221 e. The van der Waals surface area contributed by atoms with Crippen LogP contribution in [0.5, 0.6) is 0 Å². The van der Waals surface area contributed by atoms with Gasteiger partial charge in [0.25, 0.3) is 0 Å². The summed E-state index contributed by atoms with van der Waals surface area (Å²) in [7, 11) is 0. The fourth-order valence-corrected chi connectivity index (χ4v) is 4.99. The number of thioether (sulfide) groups is 1. The summed E-state index contributed by atoms with van der Waals surface area (Å²) in [5, 5.41) is 3.24. The minimum atomic E-state index is -0.214. The Labute approximate surface area is 153 Å². The predicted molar refractivity (Wildman–Crippen MR) is 99.0 cm³/mol. The van der Waals surface area contributed by atoms with Gasteiger partial charge in [-0.25, -0.2) is 4.39 Å². The minimum absolute atomic E-state index is 0. The minimum Gasteiger partial charge on any atom is -0.353 e. The summed E-state index contributed by atoms with van der Waals surface area (Å²) in [5.41, 5.74) is 6.13. The Morgan fingerprint density at radius 3 is 2.58 bits per heavy atom. The Hall–Kier alpha value is -0.780. The summed E-state index contributed by atoms with van der Waals surface area (Å²) in [4.78, 5) is 12.9.